The van der Waals surface area contributed by atoms with Crippen LogP contribution < -0.4 is 5.32 Å². The van der Waals surface area contributed by atoms with E-state index in [0.29, 0.717) is 6.04 Å². The van der Waals surface area contributed by atoms with Crippen molar-refractivity contribution in [1.82, 2.24) is 10.2 Å². The molecule has 1 heterocycles. The minimum atomic E-state index is 0.116. The van der Waals surface area contributed by atoms with Crippen LogP contribution in [0.5, 0.6) is 0 Å². The van der Waals surface area contributed by atoms with Crippen LogP contribution >= 0.6 is 0 Å². The van der Waals surface area contributed by atoms with Gasteiger partial charge in [0.25, 0.3) is 5.91 Å². The number of fused-ring (bicyclic) bond motifs is 1. The Bertz CT molecular complexity index is 597. The molecule has 3 nitrogen and oxygen atoms in total. The Morgan fingerprint density at radius 1 is 1.21 bits per heavy atom. The van der Waals surface area contributed by atoms with Gasteiger partial charge in [-0.25, -0.2) is 0 Å². The number of hydrogen-bond acceptors (Lipinski definition) is 2. The van der Waals surface area contributed by atoms with Crippen LogP contribution in [0.3, 0.4) is 0 Å². The Morgan fingerprint density at radius 3 is 2.79 bits per heavy atom. The number of hydrogen-bond donors (Lipinski definition) is 1. The van der Waals surface area contributed by atoms with Crippen molar-refractivity contribution in [2.45, 2.75) is 12.5 Å². The van der Waals surface area contributed by atoms with E-state index in [9.17, 15) is 4.79 Å². The number of carbonyl (C=O) groups is 1. The van der Waals surface area contributed by atoms with Crippen molar-refractivity contribution in [1.29, 1.82) is 0 Å². The van der Waals surface area contributed by atoms with Crippen LogP contribution in [0.25, 0.3) is 10.8 Å². The molecule has 0 aliphatic carbocycles. The maximum Gasteiger partial charge on any atom is 0.254 e. The smallest absolute Gasteiger partial charge is 0.254 e. The van der Waals surface area contributed by atoms with E-state index in [0.717, 1.165) is 35.8 Å². The molecule has 0 saturated carbocycles. The highest BCUT2D eigenvalue weighted by molar-refractivity contribution is 6.07. The molecule has 2 aromatic rings. The molecule has 1 atom stereocenters. The Kier molecular flexibility index (Phi) is 3.22. The van der Waals surface area contributed by atoms with Gasteiger partial charge in [-0.05, 0) is 29.8 Å². The third kappa shape index (κ3) is 2.22. The predicted molar refractivity (Wildman–Crippen MR) is 77.3 cm³/mol. The first kappa shape index (κ1) is 12.2. The van der Waals surface area contributed by atoms with E-state index in [2.05, 4.69) is 5.32 Å². The van der Waals surface area contributed by atoms with Crippen LogP contribution in [0.4, 0.5) is 0 Å². The molecule has 1 unspecified atom stereocenters. The summed E-state index contributed by atoms with van der Waals surface area (Å²) in [5.41, 5.74) is 0.799. The topological polar surface area (TPSA) is 32.3 Å². The van der Waals surface area contributed by atoms with Crippen LogP contribution in [0, 0.1) is 0 Å². The predicted octanol–water partition coefficient (Wildman–Crippen LogP) is 2.27. The lowest BCUT2D eigenvalue weighted by atomic mass is 10.0. The number of carbonyl (C=O) groups excluding carboxylic acids is 1. The molecule has 1 aliphatic rings. The number of nitrogens with zero attached hydrogens (tertiary/aromatic N) is 1. The molecule has 0 aromatic heterocycles. The van der Waals surface area contributed by atoms with Gasteiger partial charge < -0.3 is 10.2 Å². The molecular formula is C16H18N2O. The lowest BCUT2D eigenvalue weighted by molar-refractivity contribution is 0.0746. The fraction of sp³-hybridized carbons (Fsp3) is 0.312. The first-order valence-electron chi connectivity index (χ1n) is 6.73. The van der Waals surface area contributed by atoms with Crippen molar-refractivity contribution >= 4 is 16.7 Å². The monoisotopic (exact) mass is 254 g/mol. The van der Waals surface area contributed by atoms with Gasteiger partial charge >= 0.3 is 0 Å². The lowest BCUT2D eigenvalue weighted by Crippen LogP contribution is -2.38. The zero-order valence-electron chi connectivity index (χ0n) is 11.1. The maximum absolute atomic E-state index is 12.6. The summed E-state index contributed by atoms with van der Waals surface area (Å²) >= 11 is 0. The number of rotatable bonds is 2. The largest absolute Gasteiger partial charge is 0.337 e. The molecule has 3 heteroatoms. The van der Waals surface area contributed by atoms with Gasteiger partial charge in [-0.2, -0.15) is 0 Å². The van der Waals surface area contributed by atoms with Gasteiger partial charge in [-0.3, -0.25) is 4.79 Å². The van der Waals surface area contributed by atoms with Crippen LogP contribution in [-0.2, 0) is 0 Å². The number of benzene rings is 2. The number of amides is 1. The third-order valence-electron chi connectivity index (χ3n) is 3.92. The minimum Gasteiger partial charge on any atom is -0.337 e. The summed E-state index contributed by atoms with van der Waals surface area (Å²) in [5, 5.41) is 5.45. The van der Waals surface area contributed by atoms with Crippen molar-refractivity contribution in [2.24, 2.45) is 0 Å². The summed E-state index contributed by atoms with van der Waals surface area (Å²) in [7, 11) is 1.90. The second-order valence-corrected chi connectivity index (χ2v) is 5.09. The molecule has 1 N–H and O–H groups in total. The highest BCUT2D eigenvalue weighted by Gasteiger charge is 2.24. The van der Waals surface area contributed by atoms with Crippen LogP contribution in [-0.4, -0.2) is 37.0 Å². The Hall–Kier alpha value is -1.87. The molecule has 2 aromatic carbocycles. The van der Waals surface area contributed by atoms with E-state index in [1.54, 1.807) is 0 Å². The van der Waals surface area contributed by atoms with E-state index in [4.69, 9.17) is 0 Å². The number of likely N-dealkylation sites (N-methyl/N-ethyl adjacent to an activating group) is 1. The summed E-state index contributed by atoms with van der Waals surface area (Å²) in [5.74, 6) is 0.116. The van der Waals surface area contributed by atoms with Crippen molar-refractivity contribution < 1.29 is 4.79 Å². The van der Waals surface area contributed by atoms with Crippen LogP contribution in [0.15, 0.2) is 42.5 Å². The van der Waals surface area contributed by atoms with Gasteiger partial charge in [-0.1, -0.05) is 36.4 Å². The lowest BCUT2D eigenvalue weighted by Gasteiger charge is -2.24. The highest BCUT2D eigenvalue weighted by atomic mass is 16.2. The van der Waals surface area contributed by atoms with Crippen molar-refractivity contribution in [3.05, 3.63) is 48.0 Å². The maximum atomic E-state index is 12.6. The number of nitrogens with one attached hydrogen (secondary N) is 1. The zero-order chi connectivity index (χ0) is 13.2. The second kappa shape index (κ2) is 5.02. The molecule has 3 rings (SSSR count). The molecule has 1 aliphatic heterocycles. The first-order valence-corrected chi connectivity index (χ1v) is 6.73. The molecule has 19 heavy (non-hydrogen) atoms. The van der Waals surface area contributed by atoms with Crippen molar-refractivity contribution in [2.75, 3.05) is 20.1 Å². The van der Waals surface area contributed by atoms with Crippen LogP contribution in [0.2, 0.25) is 0 Å². The van der Waals surface area contributed by atoms with Gasteiger partial charge in [0.1, 0.15) is 0 Å². The summed E-state index contributed by atoms with van der Waals surface area (Å²) in [4.78, 5) is 14.5. The van der Waals surface area contributed by atoms with Gasteiger partial charge in [0, 0.05) is 25.2 Å². The van der Waals surface area contributed by atoms with Gasteiger partial charge in [0.05, 0.1) is 0 Å². The molecule has 1 fully saturated rings. The summed E-state index contributed by atoms with van der Waals surface area (Å²) in [6, 6.07) is 14.3. The quantitative estimate of drug-likeness (QED) is 0.891. The van der Waals surface area contributed by atoms with Crippen molar-refractivity contribution in [3.63, 3.8) is 0 Å². The average Bonchev–Trinajstić information content (AvgIpc) is 2.99. The molecular weight excluding hydrogens is 236 g/mol. The molecule has 1 saturated heterocycles. The second-order valence-electron chi connectivity index (χ2n) is 5.09. The summed E-state index contributed by atoms with van der Waals surface area (Å²) < 4.78 is 0. The zero-order valence-corrected chi connectivity index (χ0v) is 11.1. The third-order valence-corrected chi connectivity index (χ3v) is 3.92. The fourth-order valence-electron chi connectivity index (χ4n) is 2.74. The van der Waals surface area contributed by atoms with E-state index in [1.807, 2.05) is 54.4 Å². The Labute approximate surface area is 113 Å². The van der Waals surface area contributed by atoms with Crippen molar-refractivity contribution in [3.8, 4) is 0 Å². The molecule has 0 radical (unpaired) electrons. The van der Waals surface area contributed by atoms with E-state index < -0.39 is 0 Å². The summed E-state index contributed by atoms with van der Waals surface area (Å²) in [6.45, 7) is 1.89. The first-order chi connectivity index (χ1) is 9.27. The van der Waals surface area contributed by atoms with Gasteiger partial charge in [0.15, 0.2) is 0 Å². The highest BCUT2D eigenvalue weighted by Crippen LogP contribution is 2.21. The van der Waals surface area contributed by atoms with E-state index in [-0.39, 0.29) is 5.91 Å². The fourth-order valence-corrected chi connectivity index (χ4v) is 2.74. The minimum absolute atomic E-state index is 0.116. The van der Waals surface area contributed by atoms with Gasteiger partial charge in [-0.15, -0.1) is 0 Å². The molecule has 0 bridgehead atoms. The Balaban J connectivity index is 1.97. The molecule has 98 valence electrons. The van der Waals surface area contributed by atoms with Crippen LogP contribution in [0.1, 0.15) is 16.8 Å². The average molecular weight is 254 g/mol. The SMILES string of the molecule is CN(C(=O)c1cccc2ccccc12)C1CCNC1. The summed E-state index contributed by atoms with van der Waals surface area (Å²) in [6.07, 6.45) is 1.03. The Morgan fingerprint density at radius 2 is 2.00 bits per heavy atom. The van der Waals surface area contributed by atoms with Gasteiger partial charge in [0.2, 0.25) is 0 Å². The molecule has 1 amide bonds. The molecule has 0 spiro atoms. The standard InChI is InChI=1S/C16H18N2O/c1-18(13-9-10-17-11-13)16(19)15-8-4-6-12-5-2-3-7-14(12)15/h2-8,13,17H,9-11H2,1H3. The van der Waals surface area contributed by atoms with E-state index in [1.165, 1.54) is 0 Å². The van der Waals surface area contributed by atoms with E-state index >= 15 is 0 Å². The normalized spacial score (nSPS) is 18.7.